The number of nitrogens with one attached hydrogen (secondary N) is 1. The van der Waals surface area contributed by atoms with Crippen LogP contribution in [0, 0.1) is 0 Å². The predicted molar refractivity (Wildman–Crippen MR) is 68.6 cm³/mol. The van der Waals surface area contributed by atoms with E-state index in [0.717, 1.165) is 5.56 Å². The first-order chi connectivity index (χ1) is 8.26. The van der Waals surface area contributed by atoms with Crippen molar-refractivity contribution in [3.63, 3.8) is 0 Å². The number of amides is 1. The largest absolute Gasteiger partial charge is 0.445 e. The van der Waals surface area contributed by atoms with Gasteiger partial charge in [0, 0.05) is 0 Å². The number of ether oxygens (including phenoxy) is 1. The van der Waals surface area contributed by atoms with Gasteiger partial charge in [0.15, 0.2) is 0 Å². The number of benzene rings is 1. The second-order valence-corrected chi connectivity index (χ2v) is 3.49. The molecule has 90 valence electrons. The Labute approximate surface area is 102 Å². The van der Waals surface area contributed by atoms with Crippen LogP contribution in [-0.2, 0) is 11.3 Å². The monoisotopic (exact) mass is 231 g/mol. The van der Waals surface area contributed by atoms with Crippen molar-refractivity contribution < 1.29 is 9.53 Å². The van der Waals surface area contributed by atoms with Gasteiger partial charge in [-0.3, -0.25) is 0 Å². The molecule has 0 aliphatic rings. The molecule has 1 aromatic rings. The van der Waals surface area contributed by atoms with E-state index in [1.807, 2.05) is 49.4 Å². The Morgan fingerprint density at radius 3 is 2.76 bits per heavy atom. The molecule has 1 atom stereocenters. The van der Waals surface area contributed by atoms with Crippen LogP contribution in [0.3, 0.4) is 0 Å². The molecule has 0 aliphatic heterocycles. The van der Waals surface area contributed by atoms with E-state index in [4.69, 9.17) is 4.74 Å². The van der Waals surface area contributed by atoms with E-state index in [1.165, 1.54) is 0 Å². The van der Waals surface area contributed by atoms with Gasteiger partial charge in [-0.1, -0.05) is 48.6 Å². The zero-order valence-corrected chi connectivity index (χ0v) is 9.93. The van der Waals surface area contributed by atoms with Gasteiger partial charge in [0.25, 0.3) is 0 Å². The van der Waals surface area contributed by atoms with E-state index < -0.39 is 6.09 Å². The second-order valence-electron chi connectivity index (χ2n) is 3.49. The van der Waals surface area contributed by atoms with Gasteiger partial charge in [-0.15, -0.1) is 6.58 Å². The number of carbonyl (C=O) groups excluding carboxylic acids is 1. The quantitative estimate of drug-likeness (QED) is 0.791. The van der Waals surface area contributed by atoms with Crippen molar-refractivity contribution in [2.75, 3.05) is 0 Å². The maximum absolute atomic E-state index is 11.4. The number of carbonyl (C=O) groups is 1. The number of allylic oxidation sites excluding steroid dienone is 1. The fourth-order valence-corrected chi connectivity index (χ4v) is 1.29. The summed E-state index contributed by atoms with van der Waals surface area (Å²) in [6, 6.07) is 9.35. The molecular formula is C14H17NO2. The molecular weight excluding hydrogens is 214 g/mol. The highest BCUT2D eigenvalue weighted by Crippen LogP contribution is 2.01. The van der Waals surface area contributed by atoms with Crippen LogP contribution < -0.4 is 5.32 Å². The lowest BCUT2D eigenvalue weighted by molar-refractivity contribution is 0.139. The van der Waals surface area contributed by atoms with Gasteiger partial charge >= 0.3 is 6.09 Å². The molecule has 0 bridgehead atoms. The molecule has 17 heavy (non-hydrogen) atoms. The van der Waals surface area contributed by atoms with Crippen LogP contribution in [-0.4, -0.2) is 12.1 Å². The van der Waals surface area contributed by atoms with Crippen molar-refractivity contribution in [2.45, 2.75) is 19.6 Å². The van der Waals surface area contributed by atoms with Gasteiger partial charge in [0.1, 0.15) is 6.61 Å². The Bertz CT molecular complexity index is 384. The minimum Gasteiger partial charge on any atom is -0.445 e. The molecule has 1 N–H and O–H groups in total. The van der Waals surface area contributed by atoms with Crippen LogP contribution >= 0.6 is 0 Å². The van der Waals surface area contributed by atoms with Crippen molar-refractivity contribution >= 4 is 6.09 Å². The van der Waals surface area contributed by atoms with Gasteiger partial charge in [-0.05, 0) is 12.5 Å². The summed E-state index contributed by atoms with van der Waals surface area (Å²) < 4.78 is 5.08. The summed E-state index contributed by atoms with van der Waals surface area (Å²) in [5.41, 5.74) is 0.962. The lowest BCUT2D eigenvalue weighted by Crippen LogP contribution is -2.32. The van der Waals surface area contributed by atoms with E-state index in [1.54, 1.807) is 6.08 Å². The van der Waals surface area contributed by atoms with Crippen LogP contribution in [0.25, 0.3) is 0 Å². The number of hydrogen-bond donors (Lipinski definition) is 1. The number of rotatable bonds is 5. The molecule has 0 radical (unpaired) electrons. The maximum Gasteiger partial charge on any atom is 0.408 e. The van der Waals surface area contributed by atoms with Crippen LogP contribution in [0.2, 0.25) is 0 Å². The first-order valence-electron chi connectivity index (χ1n) is 5.49. The van der Waals surface area contributed by atoms with Crippen LogP contribution in [0.15, 0.2) is 55.1 Å². The summed E-state index contributed by atoms with van der Waals surface area (Å²) >= 11 is 0. The van der Waals surface area contributed by atoms with Crippen LogP contribution in [0.4, 0.5) is 4.79 Å². The molecule has 1 amide bonds. The van der Waals surface area contributed by atoms with E-state index in [9.17, 15) is 4.79 Å². The Morgan fingerprint density at radius 1 is 1.47 bits per heavy atom. The smallest absolute Gasteiger partial charge is 0.408 e. The topological polar surface area (TPSA) is 38.3 Å². The molecule has 0 fully saturated rings. The van der Waals surface area contributed by atoms with Gasteiger partial charge in [-0.25, -0.2) is 4.79 Å². The normalized spacial score (nSPS) is 12.1. The van der Waals surface area contributed by atoms with Crippen molar-refractivity contribution in [2.24, 2.45) is 0 Å². The predicted octanol–water partition coefficient (Wildman–Crippen LogP) is 3.04. The zero-order valence-electron chi connectivity index (χ0n) is 9.93. The molecule has 1 aromatic carbocycles. The van der Waals surface area contributed by atoms with E-state index >= 15 is 0 Å². The third-order valence-electron chi connectivity index (χ3n) is 2.15. The molecule has 0 saturated heterocycles. The second kappa shape index (κ2) is 7.28. The minimum absolute atomic E-state index is 0.191. The third-order valence-corrected chi connectivity index (χ3v) is 2.15. The highest BCUT2D eigenvalue weighted by atomic mass is 16.5. The Hall–Kier alpha value is -2.03. The molecule has 0 spiro atoms. The van der Waals surface area contributed by atoms with Gasteiger partial charge < -0.3 is 10.1 Å². The van der Waals surface area contributed by atoms with Crippen molar-refractivity contribution in [3.05, 3.63) is 60.7 Å². The summed E-state index contributed by atoms with van der Waals surface area (Å²) in [6.07, 6.45) is 4.88. The Morgan fingerprint density at radius 2 is 2.18 bits per heavy atom. The molecule has 0 saturated carbocycles. The van der Waals surface area contributed by atoms with Crippen molar-refractivity contribution in [1.82, 2.24) is 5.32 Å². The summed E-state index contributed by atoms with van der Waals surface area (Å²) in [5.74, 6) is 0. The lowest BCUT2D eigenvalue weighted by Gasteiger charge is -2.11. The SMILES string of the molecule is C=C[C@H](/C=C/C)NC(=O)OCc1ccccc1. The van der Waals surface area contributed by atoms with Gasteiger partial charge in [-0.2, -0.15) is 0 Å². The maximum atomic E-state index is 11.4. The number of alkyl carbamates (subject to hydrolysis) is 1. The molecule has 3 heteroatoms. The highest BCUT2D eigenvalue weighted by molar-refractivity contribution is 5.68. The Kier molecular flexibility index (Phi) is 5.58. The van der Waals surface area contributed by atoms with Gasteiger partial charge in [0.2, 0.25) is 0 Å². The lowest BCUT2D eigenvalue weighted by atomic mass is 10.2. The average molecular weight is 231 g/mol. The van der Waals surface area contributed by atoms with E-state index in [-0.39, 0.29) is 12.6 Å². The molecule has 0 aromatic heterocycles. The number of hydrogen-bond acceptors (Lipinski definition) is 2. The molecule has 1 rings (SSSR count). The van der Waals surface area contributed by atoms with Crippen molar-refractivity contribution in [3.8, 4) is 0 Å². The molecule has 0 heterocycles. The van der Waals surface area contributed by atoms with Crippen LogP contribution in [0.1, 0.15) is 12.5 Å². The summed E-state index contributed by atoms with van der Waals surface area (Å²) in [7, 11) is 0. The average Bonchev–Trinajstić information content (AvgIpc) is 2.37. The van der Waals surface area contributed by atoms with Crippen LogP contribution in [0.5, 0.6) is 0 Å². The first-order valence-corrected chi connectivity index (χ1v) is 5.49. The summed E-state index contributed by atoms with van der Waals surface area (Å²) in [5, 5.41) is 2.67. The van der Waals surface area contributed by atoms with Gasteiger partial charge in [0.05, 0.1) is 6.04 Å². The van der Waals surface area contributed by atoms with E-state index in [0.29, 0.717) is 0 Å². The Balaban J connectivity index is 2.37. The molecule has 0 aliphatic carbocycles. The minimum atomic E-state index is -0.447. The third kappa shape index (κ3) is 5.02. The molecule has 3 nitrogen and oxygen atoms in total. The first kappa shape index (κ1) is 13.0. The van der Waals surface area contributed by atoms with E-state index in [2.05, 4.69) is 11.9 Å². The fourth-order valence-electron chi connectivity index (χ4n) is 1.29. The standard InChI is InChI=1S/C14H17NO2/c1-3-8-13(4-2)15-14(16)17-11-12-9-6-5-7-10-12/h3-10,13H,2,11H2,1H3,(H,15,16)/b8-3+/t13-/m1/s1. The summed E-state index contributed by atoms with van der Waals surface area (Å²) in [6.45, 7) is 5.78. The summed E-state index contributed by atoms with van der Waals surface area (Å²) in [4.78, 5) is 11.4. The molecule has 0 unspecified atom stereocenters. The highest BCUT2D eigenvalue weighted by Gasteiger charge is 2.06. The van der Waals surface area contributed by atoms with Crippen molar-refractivity contribution in [1.29, 1.82) is 0 Å². The zero-order chi connectivity index (χ0) is 12.5. The fraction of sp³-hybridized carbons (Fsp3) is 0.214.